The number of halogens is 3. The van der Waals surface area contributed by atoms with Gasteiger partial charge in [0.05, 0.1) is 5.39 Å². The molecule has 0 amide bonds. The molecule has 0 fully saturated rings. The highest BCUT2D eigenvalue weighted by atomic mass is 79.9. The van der Waals surface area contributed by atoms with E-state index in [1.807, 2.05) is 0 Å². The van der Waals surface area contributed by atoms with Crippen molar-refractivity contribution < 1.29 is 8.78 Å². The predicted molar refractivity (Wildman–Crippen MR) is 47.2 cm³/mol. The van der Waals surface area contributed by atoms with Crippen LogP contribution < -0.4 is 0 Å². The van der Waals surface area contributed by atoms with E-state index in [4.69, 9.17) is 0 Å². The van der Waals surface area contributed by atoms with Crippen LogP contribution in [0.1, 0.15) is 0 Å². The van der Waals surface area contributed by atoms with Gasteiger partial charge in [0.2, 0.25) is 5.95 Å². The van der Waals surface area contributed by atoms with Crippen LogP contribution in [0, 0.1) is 11.8 Å². The molecule has 1 heterocycles. The second-order valence-electron chi connectivity index (χ2n) is 2.45. The van der Waals surface area contributed by atoms with Gasteiger partial charge in [-0.3, -0.25) is 0 Å². The van der Waals surface area contributed by atoms with Crippen LogP contribution in [-0.2, 0) is 0 Å². The zero-order valence-corrected chi connectivity index (χ0v) is 7.85. The molecule has 66 valence electrons. The smallest absolute Gasteiger partial charge is 0.223 e. The molecule has 13 heavy (non-hydrogen) atoms. The minimum atomic E-state index is -0.717. The van der Waals surface area contributed by atoms with Crippen molar-refractivity contribution in [1.29, 1.82) is 0 Å². The molecule has 1 aromatic heterocycles. The normalized spacial score (nSPS) is 10.7. The molecule has 0 spiro atoms. The van der Waals surface area contributed by atoms with Crippen LogP contribution in [0.5, 0.6) is 0 Å². The van der Waals surface area contributed by atoms with E-state index in [9.17, 15) is 8.78 Å². The van der Waals surface area contributed by atoms with E-state index in [2.05, 4.69) is 25.9 Å². The summed E-state index contributed by atoms with van der Waals surface area (Å²) in [6.45, 7) is 0. The molecular weight excluding hydrogens is 242 g/mol. The van der Waals surface area contributed by atoms with Crippen molar-refractivity contribution >= 4 is 26.8 Å². The highest BCUT2D eigenvalue weighted by Gasteiger charge is 2.08. The number of benzene rings is 1. The highest BCUT2D eigenvalue weighted by Crippen LogP contribution is 2.22. The van der Waals surface area contributed by atoms with E-state index in [0.717, 1.165) is 6.33 Å². The third-order valence-electron chi connectivity index (χ3n) is 1.61. The van der Waals surface area contributed by atoms with Gasteiger partial charge in [0, 0.05) is 4.47 Å². The Bertz CT molecular complexity index is 473. The minimum Gasteiger partial charge on any atom is -0.233 e. The van der Waals surface area contributed by atoms with Crippen molar-refractivity contribution in [3.8, 4) is 0 Å². The lowest BCUT2D eigenvalue weighted by atomic mass is 10.2. The van der Waals surface area contributed by atoms with E-state index in [1.165, 1.54) is 12.1 Å². The van der Waals surface area contributed by atoms with Gasteiger partial charge in [0.15, 0.2) is 5.82 Å². The van der Waals surface area contributed by atoms with Crippen molar-refractivity contribution in [3.63, 3.8) is 0 Å². The lowest BCUT2D eigenvalue weighted by Gasteiger charge is -1.99. The van der Waals surface area contributed by atoms with Crippen LogP contribution in [0.2, 0.25) is 0 Å². The third-order valence-corrected chi connectivity index (χ3v) is 2.07. The molecular formula is C8H3BrF2N2. The molecule has 0 aliphatic heterocycles. The third kappa shape index (κ3) is 1.39. The van der Waals surface area contributed by atoms with Gasteiger partial charge in [0.1, 0.15) is 11.8 Å². The molecule has 0 saturated carbocycles. The topological polar surface area (TPSA) is 25.8 Å². The Balaban J connectivity index is 2.94. The zero-order valence-electron chi connectivity index (χ0n) is 6.26. The SMILES string of the molecule is Fc1ncnc2c(F)cc(Br)cc12. The summed E-state index contributed by atoms with van der Waals surface area (Å²) in [6, 6.07) is 2.67. The van der Waals surface area contributed by atoms with Crippen LogP contribution in [0.4, 0.5) is 8.78 Å². The van der Waals surface area contributed by atoms with Crippen LogP contribution >= 0.6 is 15.9 Å². The monoisotopic (exact) mass is 244 g/mol. The summed E-state index contributed by atoms with van der Waals surface area (Å²) in [5.74, 6) is -1.28. The summed E-state index contributed by atoms with van der Waals surface area (Å²) in [6.07, 6.45) is 0.995. The van der Waals surface area contributed by atoms with Gasteiger partial charge in [-0.2, -0.15) is 4.39 Å². The largest absolute Gasteiger partial charge is 0.233 e. The number of fused-ring (bicyclic) bond motifs is 1. The maximum atomic E-state index is 13.1. The second kappa shape index (κ2) is 2.99. The lowest BCUT2D eigenvalue weighted by molar-refractivity contribution is 0.589. The van der Waals surface area contributed by atoms with E-state index >= 15 is 0 Å². The van der Waals surface area contributed by atoms with Gasteiger partial charge >= 0.3 is 0 Å². The van der Waals surface area contributed by atoms with Gasteiger partial charge in [-0.05, 0) is 12.1 Å². The average Bonchev–Trinajstić information content (AvgIpc) is 2.07. The Kier molecular flexibility index (Phi) is 1.95. The quantitative estimate of drug-likeness (QED) is 0.667. The van der Waals surface area contributed by atoms with E-state index in [-0.39, 0.29) is 10.9 Å². The molecule has 0 unspecified atom stereocenters. The summed E-state index contributed by atoms with van der Waals surface area (Å²) < 4.78 is 26.6. The molecule has 0 saturated heterocycles. The standard InChI is InChI=1S/C8H3BrF2N2/c9-4-1-5-7(6(10)2-4)12-3-13-8(5)11/h1-3H. The van der Waals surface area contributed by atoms with E-state index < -0.39 is 11.8 Å². The maximum absolute atomic E-state index is 13.1. The Morgan fingerprint density at radius 2 is 1.92 bits per heavy atom. The molecule has 0 atom stereocenters. The Morgan fingerprint density at radius 3 is 2.69 bits per heavy atom. The number of rotatable bonds is 0. The fourth-order valence-corrected chi connectivity index (χ4v) is 1.49. The van der Waals surface area contributed by atoms with Gasteiger partial charge in [-0.1, -0.05) is 15.9 Å². The Morgan fingerprint density at radius 1 is 1.15 bits per heavy atom. The molecule has 1 aromatic carbocycles. The zero-order chi connectivity index (χ0) is 9.42. The molecule has 0 aliphatic rings. The van der Waals surface area contributed by atoms with Crippen molar-refractivity contribution in [3.05, 3.63) is 34.7 Å². The van der Waals surface area contributed by atoms with Crippen LogP contribution in [0.25, 0.3) is 10.9 Å². The van der Waals surface area contributed by atoms with Crippen molar-refractivity contribution in [2.24, 2.45) is 0 Å². The fourth-order valence-electron chi connectivity index (χ4n) is 1.06. The first-order valence-electron chi connectivity index (χ1n) is 3.44. The molecule has 2 rings (SSSR count). The maximum Gasteiger partial charge on any atom is 0.223 e. The summed E-state index contributed by atoms with van der Waals surface area (Å²) in [4.78, 5) is 6.96. The lowest BCUT2D eigenvalue weighted by Crippen LogP contribution is -1.91. The van der Waals surface area contributed by atoms with Crippen molar-refractivity contribution in [1.82, 2.24) is 9.97 Å². The molecule has 0 N–H and O–H groups in total. The number of aromatic nitrogens is 2. The first-order chi connectivity index (χ1) is 6.18. The van der Waals surface area contributed by atoms with Gasteiger partial charge in [-0.15, -0.1) is 0 Å². The first kappa shape index (κ1) is 8.50. The minimum absolute atomic E-state index is 0.00398. The summed E-state index contributed by atoms with van der Waals surface area (Å²) in [7, 11) is 0. The molecule has 0 radical (unpaired) electrons. The Labute approximate surface area is 80.8 Å². The van der Waals surface area contributed by atoms with Crippen molar-refractivity contribution in [2.45, 2.75) is 0 Å². The number of hydrogen-bond acceptors (Lipinski definition) is 2. The second-order valence-corrected chi connectivity index (χ2v) is 3.36. The molecule has 0 aliphatic carbocycles. The van der Waals surface area contributed by atoms with E-state index in [1.54, 1.807) is 0 Å². The van der Waals surface area contributed by atoms with Gasteiger partial charge in [0.25, 0.3) is 0 Å². The van der Waals surface area contributed by atoms with Gasteiger partial charge in [-0.25, -0.2) is 14.4 Å². The van der Waals surface area contributed by atoms with Crippen LogP contribution in [-0.4, -0.2) is 9.97 Å². The summed E-state index contributed by atoms with van der Waals surface area (Å²) in [5, 5.41) is 0.0781. The highest BCUT2D eigenvalue weighted by molar-refractivity contribution is 9.10. The molecule has 2 nitrogen and oxygen atoms in total. The summed E-state index contributed by atoms with van der Waals surface area (Å²) >= 11 is 3.06. The number of hydrogen-bond donors (Lipinski definition) is 0. The van der Waals surface area contributed by atoms with E-state index in [0.29, 0.717) is 4.47 Å². The number of nitrogens with zero attached hydrogens (tertiary/aromatic N) is 2. The predicted octanol–water partition coefficient (Wildman–Crippen LogP) is 2.67. The Hall–Kier alpha value is -1.10. The van der Waals surface area contributed by atoms with Crippen LogP contribution in [0.3, 0.4) is 0 Å². The fraction of sp³-hybridized carbons (Fsp3) is 0. The van der Waals surface area contributed by atoms with Gasteiger partial charge < -0.3 is 0 Å². The summed E-state index contributed by atoms with van der Waals surface area (Å²) in [5.41, 5.74) is -0.00398. The molecule has 0 bridgehead atoms. The molecule has 2 aromatic rings. The van der Waals surface area contributed by atoms with Crippen LogP contribution in [0.15, 0.2) is 22.9 Å². The average molecular weight is 245 g/mol. The first-order valence-corrected chi connectivity index (χ1v) is 4.23. The van der Waals surface area contributed by atoms with Crippen molar-refractivity contribution in [2.75, 3.05) is 0 Å². The molecule has 5 heteroatoms.